The molecule has 0 bridgehead atoms. The number of quaternary nitrogens is 1. The van der Waals surface area contributed by atoms with Crippen molar-refractivity contribution in [3.05, 3.63) is 87.2 Å². The molecular weight excluding hydrogens is 490 g/mol. The molecule has 0 atom stereocenters. The monoisotopic (exact) mass is 519 g/mol. The average Bonchev–Trinajstić information content (AvgIpc) is 2.89. The van der Waals surface area contributed by atoms with Crippen LogP contribution >= 0.6 is 23.2 Å². The molecule has 0 aliphatic carbocycles. The number of para-hydroxylation sites is 1. The van der Waals surface area contributed by atoms with Crippen LogP contribution in [0, 0.1) is 5.82 Å². The fourth-order valence-corrected chi connectivity index (χ4v) is 4.84. The van der Waals surface area contributed by atoms with Gasteiger partial charge in [-0.15, -0.1) is 0 Å². The van der Waals surface area contributed by atoms with Crippen LogP contribution in [-0.4, -0.2) is 62.0 Å². The first kappa shape index (κ1) is 25.2. The number of anilines is 1. The summed E-state index contributed by atoms with van der Waals surface area (Å²) in [7, 11) is 1.83. The molecule has 0 unspecified atom stereocenters. The van der Waals surface area contributed by atoms with E-state index in [0.29, 0.717) is 54.0 Å². The molecule has 186 valence electrons. The summed E-state index contributed by atoms with van der Waals surface area (Å²) in [5, 5.41) is 5.31. The van der Waals surface area contributed by atoms with E-state index in [1.54, 1.807) is 11.4 Å². The Morgan fingerprint density at radius 1 is 1.11 bits per heavy atom. The highest BCUT2D eigenvalue weighted by atomic mass is 35.5. The Morgan fingerprint density at radius 2 is 1.83 bits per heavy atom. The van der Waals surface area contributed by atoms with Gasteiger partial charge in [0, 0.05) is 68.2 Å². The molecule has 2 aliphatic rings. The van der Waals surface area contributed by atoms with Gasteiger partial charge in [0.1, 0.15) is 11.6 Å². The number of carbonyl (C=O) groups is 1. The Bertz CT molecular complexity index is 1130. The number of carbonyl (C=O) groups excluding carboxylic acids is 1. The second kappa shape index (κ2) is 11.2. The third kappa shape index (κ3) is 5.66. The van der Waals surface area contributed by atoms with Crippen molar-refractivity contribution in [1.82, 2.24) is 15.1 Å². The molecule has 0 saturated carbocycles. The first-order valence-corrected chi connectivity index (χ1v) is 12.4. The summed E-state index contributed by atoms with van der Waals surface area (Å²) < 4.78 is 14.1. The van der Waals surface area contributed by atoms with Crippen LogP contribution in [-0.2, 0) is 11.3 Å². The third-order valence-corrected chi connectivity index (χ3v) is 7.10. The maximum absolute atomic E-state index is 14.1. The number of halogens is 3. The van der Waals surface area contributed by atoms with Gasteiger partial charge in [-0.25, -0.2) is 4.39 Å². The molecule has 7 nitrogen and oxygen atoms in total. The molecule has 0 aromatic heterocycles. The van der Waals surface area contributed by atoms with Gasteiger partial charge in [0.15, 0.2) is 5.70 Å². The van der Waals surface area contributed by atoms with E-state index in [1.807, 2.05) is 35.0 Å². The molecule has 1 amide bonds. The minimum Gasteiger partial charge on any atom is -0.384 e. The third-order valence-electron chi connectivity index (χ3n) is 6.34. The number of hydrogen-bond acceptors (Lipinski definition) is 5. The van der Waals surface area contributed by atoms with Crippen molar-refractivity contribution < 1.29 is 14.5 Å². The van der Waals surface area contributed by atoms with Crippen molar-refractivity contribution in [2.45, 2.75) is 6.54 Å². The topological polar surface area (TPSA) is 81.4 Å². The molecule has 0 radical (unpaired) electrons. The van der Waals surface area contributed by atoms with Crippen LogP contribution in [0.4, 0.5) is 10.1 Å². The average molecular weight is 520 g/mol. The van der Waals surface area contributed by atoms with Crippen LogP contribution in [0.25, 0.3) is 0 Å². The van der Waals surface area contributed by atoms with Gasteiger partial charge in [-0.3, -0.25) is 4.79 Å². The lowest BCUT2D eigenvalue weighted by Crippen LogP contribution is -2.80. The lowest BCUT2D eigenvalue weighted by atomic mass is 10.1. The lowest BCUT2D eigenvalue weighted by molar-refractivity contribution is -0.570. The molecule has 2 aromatic rings. The minimum atomic E-state index is -0.525. The first-order chi connectivity index (χ1) is 16.9. The van der Waals surface area contributed by atoms with E-state index in [2.05, 4.69) is 22.3 Å². The molecule has 1 saturated heterocycles. The van der Waals surface area contributed by atoms with Gasteiger partial charge in [0.2, 0.25) is 0 Å². The maximum atomic E-state index is 14.1. The summed E-state index contributed by atoms with van der Waals surface area (Å²) in [4.78, 5) is 19.5. The number of piperazine rings is 1. The molecule has 10 heteroatoms. The predicted molar refractivity (Wildman–Crippen MR) is 137 cm³/mol. The zero-order valence-electron chi connectivity index (χ0n) is 19.6. The van der Waals surface area contributed by atoms with Gasteiger partial charge >= 0.3 is 5.91 Å². The fourth-order valence-electron chi connectivity index (χ4n) is 4.35. The van der Waals surface area contributed by atoms with E-state index >= 15 is 0 Å². The van der Waals surface area contributed by atoms with Crippen LogP contribution < -0.4 is 21.3 Å². The second-order valence-corrected chi connectivity index (χ2v) is 9.26. The van der Waals surface area contributed by atoms with E-state index < -0.39 is 5.82 Å². The molecule has 2 heterocycles. The van der Waals surface area contributed by atoms with Crippen molar-refractivity contribution in [2.75, 3.05) is 51.2 Å². The highest BCUT2D eigenvalue weighted by molar-refractivity contribution is 6.36. The number of benzene rings is 2. The van der Waals surface area contributed by atoms with Gasteiger partial charge < -0.3 is 31.1 Å². The summed E-state index contributed by atoms with van der Waals surface area (Å²) in [6.07, 6.45) is 1.79. The maximum Gasteiger partial charge on any atom is 0.307 e. The predicted octanol–water partition coefficient (Wildman–Crippen LogP) is 2.09. The van der Waals surface area contributed by atoms with E-state index in [1.165, 1.54) is 12.1 Å². The molecule has 5 N–H and O–H groups in total. The van der Waals surface area contributed by atoms with Crippen LogP contribution in [0.1, 0.15) is 5.56 Å². The lowest BCUT2D eigenvalue weighted by Gasteiger charge is -2.36. The van der Waals surface area contributed by atoms with E-state index in [4.69, 9.17) is 28.9 Å². The van der Waals surface area contributed by atoms with Gasteiger partial charge in [-0.1, -0.05) is 41.4 Å². The quantitative estimate of drug-likeness (QED) is 0.402. The summed E-state index contributed by atoms with van der Waals surface area (Å²) in [5.41, 5.74) is 9.13. The molecule has 35 heavy (non-hydrogen) atoms. The van der Waals surface area contributed by atoms with Crippen LogP contribution in [0.2, 0.25) is 10.0 Å². The summed E-state index contributed by atoms with van der Waals surface area (Å²) in [6.45, 7) is 4.26. The molecule has 2 aliphatic heterocycles. The van der Waals surface area contributed by atoms with Crippen molar-refractivity contribution in [3.8, 4) is 0 Å². The zero-order chi connectivity index (χ0) is 24.9. The highest BCUT2D eigenvalue weighted by Gasteiger charge is 2.28. The van der Waals surface area contributed by atoms with Gasteiger partial charge in [0.25, 0.3) is 0 Å². The number of hydrogen-bond donors (Lipinski definition) is 3. The Morgan fingerprint density at radius 3 is 2.51 bits per heavy atom. The summed E-state index contributed by atoms with van der Waals surface area (Å²) in [5.74, 6) is -0.128. The smallest absolute Gasteiger partial charge is 0.307 e. The standard InChI is InChI=1S/C25H29Cl2FN6O/c1-30-21(25(35)33-13-11-32(12-14-33)17-5-3-2-4-6-17)15-22-24(29)31-9-10-34(22)16-18-19(26)7-8-20(28)23(18)27/h2-8,15,30-31H,9-14,16,29H2,1H3/p+1/b21-15-. The molecule has 1 fully saturated rings. The van der Waals surface area contributed by atoms with E-state index in [9.17, 15) is 9.18 Å². The van der Waals surface area contributed by atoms with Crippen LogP contribution in [0.15, 0.2) is 65.8 Å². The Hall–Kier alpha value is -2.94. The summed E-state index contributed by atoms with van der Waals surface area (Å²) >= 11 is 12.5. The minimum absolute atomic E-state index is 0.00688. The number of nitrogens with zero attached hydrogens (tertiary/aromatic N) is 3. The fraction of sp³-hybridized carbons (Fsp3) is 0.320. The van der Waals surface area contributed by atoms with Crippen LogP contribution in [0.3, 0.4) is 0 Å². The summed E-state index contributed by atoms with van der Waals surface area (Å²) in [6, 6.07) is 12.9. The van der Waals surface area contributed by atoms with Gasteiger partial charge in [0.05, 0.1) is 17.8 Å². The Labute approximate surface area is 214 Å². The normalized spacial score (nSPS) is 17.0. The Balaban J connectivity index is 1.51. The van der Waals surface area contributed by atoms with Crippen molar-refractivity contribution in [3.63, 3.8) is 0 Å². The number of nitrogens with two attached hydrogens (primary N) is 2. The zero-order valence-corrected chi connectivity index (χ0v) is 21.1. The first-order valence-electron chi connectivity index (χ1n) is 11.6. The van der Waals surface area contributed by atoms with E-state index in [-0.39, 0.29) is 17.5 Å². The molecular formula is C25H30Cl2FN6O+. The van der Waals surface area contributed by atoms with Crippen LogP contribution in [0.5, 0.6) is 0 Å². The second-order valence-electron chi connectivity index (χ2n) is 8.47. The number of allylic oxidation sites excluding steroid dienone is 1. The largest absolute Gasteiger partial charge is 0.384 e. The van der Waals surface area contributed by atoms with E-state index in [0.717, 1.165) is 18.8 Å². The molecule has 2 aromatic carbocycles. The number of nitrogens with one attached hydrogen (secondary N) is 1. The van der Waals surface area contributed by atoms with Crippen molar-refractivity contribution >= 4 is 34.8 Å². The molecule has 4 rings (SSSR count). The van der Waals surface area contributed by atoms with Gasteiger partial charge in [-0.2, -0.15) is 0 Å². The SMILES string of the molecule is C[NH2+]/C(=C\C1=C(N)NCCN1Cc1c(Cl)ccc(F)c1Cl)C(=O)N1CCN(c2ccccc2)CC1. The molecule has 0 spiro atoms. The number of amides is 1. The van der Waals surface area contributed by atoms with Crippen molar-refractivity contribution in [2.24, 2.45) is 5.73 Å². The van der Waals surface area contributed by atoms with Crippen molar-refractivity contribution in [1.29, 1.82) is 0 Å². The number of likely N-dealkylation sites (N-methyl/N-ethyl adjacent to an activating group) is 1. The number of rotatable bonds is 6. The highest BCUT2D eigenvalue weighted by Crippen LogP contribution is 2.30. The Kier molecular flexibility index (Phi) is 8.05. The van der Waals surface area contributed by atoms with Gasteiger partial charge in [-0.05, 0) is 24.3 Å².